The van der Waals surface area contributed by atoms with Crippen LogP contribution in [0.1, 0.15) is 12.8 Å². The molecule has 0 aromatic carbocycles. The van der Waals surface area contributed by atoms with Crippen molar-refractivity contribution in [1.29, 1.82) is 0 Å². The lowest BCUT2D eigenvalue weighted by Gasteiger charge is -2.11. The molecule has 0 saturated carbocycles. The first-order chi connectivity index (χ1) is 5.47. The third-order valence-electron chi connectivity index (χ3n) is 2.07. The van der Waals surface area contributed by atoms with Gasteiger partial charge in [-0.25, -0.2) is 0 Å². The highest BCUT2D eigenvalue weighted by Crippen LogP contribution is 2.18. The fourth-order valence-corrected chi connectivity index (χ4v) is 1.45. The maximum absolute atomic E-state index is 4.34. The summed E-state index contributed by atoms with van der Waals surface area (Å²) >= 11 is 0. The van der Waals surface area contributed by atoms with Crippen molar-refractivity contribution in [3.8, 4) is 0 Å². The fraction of sp³-hybridized carbons (Fsp3) is 0.300. The molecule has 0 saturated heterocycles. The standard InChI is InChI=1S/C10H11N/c1-2-7-10-9(5-1)6-3-4-8-11-10/h1-2,4-5,7-9H,3,6H2. The molecule has 0 fully saturated rings. The average molecular weight is 145 g/mol. The van der Waals surface area contributed by atoms with Crippen molar-refractivity contribution < 1.29 is 0 Å². The van der Waals surface area contributed by atoms with Crippen molar-refractivity contribution in [3.05, 3.63) is 36.6 Å². The molecule has 1 nitrogen and oxygen atoms in total. The highest BCUT2D eigenvalue weighted by molar-refractivity contribution is 5.99. The van der Waals surface area contributed by atoms with Crippen LogP contribution in [-0.4, -0.2) is 5.71 Å². The Balaban J connectivity index is 2.28. The molecule has 1 heterocycles. The van der Waals surface area contributed by atoms with Crippen molar-refractivity contribution in [1.82, 2.24) is 0 Å². The third kappa shape index (κ3) is 1.32. The predicted octanol–water partition coefficient (Wildman–Crippen LogP) is 2.48. The molecule has 1 aliphatic heterocycles. The summed E-state index contributed by atoms with van der Waals surface area (Å²) in [5.41, 5.74) is 1.21. The van der Waals surface area contributed by atoms with Gasteiger partial charge < -0.3 is 0 Å². The van der Waals surface area contributed by atoms with Crippen molar-refractivity contribution in [2.75, 3.05) is 0 Å². The normalized spacial score (nSPS) is 27.6. The zero-order valence-electron chi connectivity index (χ0n) is 6.40. The molecule has 1 unspecified atom stereocenters. The van der Waals surface area contributed by atoms with Crippen LogP contribution in [0.2, 0.25) is 0 Å². The van der Waals surface area contributed by atoms with Crippen LogP contribution in [-0.2, 0) is 0 Å². The fourth-order valence-electron chi connectivity index (χ4n) is 1.45. The van der Waals surface area contributed by atoms with Crippen LogP contribution in [0.4, 0.5) is 0 Å². The van der Waals surface area contributed by atoms with Crippen LogP contribution >= 0.6 is 0 Å². The SMILES string of the molecule is C1=CC2=NC=CCCC2C=C1. The third-order valence-corrected chi connectivity index (χ3v) is 2.07. The van der Waals surface area contributed by atoms with E-state index in [0.717, 1.165) is 6.42 Å². The number of hydrogen-bond acceptors (Lipinski definition) is 1. The van der Waals surface area contributed by atoms with Gasteiger partial charge in [-0.1, -0.05) is 24.3 Å². The highest BCUT2D eigenvalue weighted by atomic mass is 14.7. The van der Waals surface area contributed by atoms with E-state index in [-0.39, 0.29) is 0 Å². The molecule has 0 aromatic rings. The monoisotopic (exact) mass is 145 g/mol. The Hall–Kier alpha value is -1.11. The Labute approximate surface area is 66.8 Å². The predicted molar refractivity (Wildman–Crippen MR) is 47.6 cm³/mol. The largest absolute Gasteiger partial charge is 0.261 e. The molecule has 0 spiro atoms. The van der Waals surface area contributed by atoms with E-state index >= 15 is 0 Å². The number of hydrogen-bond donors (Lipinski definition) is 0. The Kier molecular flexibility index (Phi) is 1.72. The lowest BCUT2D eigenvalue weighted by atomic mass is 9.94. The zero-order valence-corrected chi connectivity index (χ0v) is 6.40. The molecule has 0 bridgehead atoms. The first-order valence-corrected chi connectivity index (χ1v) is 4.04. The molecule has 0 amide bonds. The van der Waals surface area contributed by atoms with Crippen LogP contribution in [0.25, 0.3) is 0 Å². The summed E-state index contributed by atoms with van der Waals surface area (Å²) in [6.45, 7) is 0. The van der Waals surface area contributed by atoms with Gasteiger partial charge in [-0.05, 0) is 18.9 Å². The van der Waals surface area contributed by atoms with Gasteiger partial charge in [-0.3, -0.25) is 4.99 Å². The maximum Gasteiger partial charge on any atom is 0.0472 e. The first kappa shape index (κ1) is 6.59. The second-order valence-corrected chi connectivity index (χ2v) is 2.87. The van der Waals surface area contributed by atoms with E-state index in [4.69, 9.17) is 0 Å². The van der Waals surface area contributed by atoms with Gasteiger partial charge >= 0.3 is 0 Å². The lowest BCUT2D eigenvalue weighted by molar-refractivity contribution is 0.763. The second kappa shape index (κ2) is 2.87. The summed E-state index contributed by atoms with van der Waals surface area (Å²) in [6.07, 6.45) is 14.9. The van der Waals surface area contributed by atoms with E-state index in [1.807, 2.05) is 6.20 Å². The molecule has 56 valence electrons. The molecule has 1 atom stereocenters. The van der Waals surface area contributed by atoms with E-state index in [0.29, 0.717) is 5.92 Å². The van der Waals surface area contributed by atoms with Crippen molar-refractivity contribution in [2.45, 2.75) is 12.8 Å². The summed E-state index contributed by atoms with van der Waals surface area (Å²) in [4.78, 5) is 4.34. The first-order valence-electron chi connectivity index (χ1n) is 4.04. The Morgan fingerprint density at radius 1 is 1.36 bits per heavy atom. The average Bonchev–Trinajstić information content (AvgIpc) is 2.28. The van der Waals surface area contributed by atoms with E-state index in [9.17, 15) is 0 Å². The van der Waals surface area contributed by atoms with Gasteiger partial charge in [0, 0.05) is 17.8 Å². The van der Waals surface area contributed by atoms with Gasteiger partial charge in [-0.15, -0.1) is 0 Å². The zero-order chi connectivity index (χ0) is 7.52. The van der Waals surface area contributed by atoms with Gasteiger partial charge in [0.15, 0.2) is 0 Å². The van der Waals surface area contributed by atoms with Crippen molar-refractivity contribution in [3.63, 3.8) is 0 Å². The van der Waals surface area contributed by atoms with Crippen LogP contribution in [0, 0.1) is 5.92 Å². The molecular weight excluding hydrogens is 134 g/mol. The van der Waals surface area contributed by atoms with Gasteiger partial charge in [0.05, 0.1) is 0 Å². The van der Waals surface area contributed by atoms with E-state index < -0.39 is 0 Å². The minimum atomic E-state index is 0.565. The minimum Gasteiger partial charge on any atom is -0.261 e. The molecule has 2 aliphatic rings. The number of rotatable bonds is 0. The summed E-state index contributed by atoms with van der Waals surface area (Å²) in [6, 6.07) is 0. The van der Waals surface area contributed by atoms with Gasteiger partial charge in [0.25, 0.3) is 0 Å². The second-order valence-electron chi connectivity index (χ2n) is 2.87. The Morgan fingerprint density at radius 2 is 2.36 bits per heavy atom. The summed E-state index contributed by atoms with van der Waals surface area (Å²) in [7, 11) is 0. The molecular formula is C10H11N. The van der Waals surface area contributed by atoms with E-state index in [1.54, 1.807) is 0 Å². The molecule has 0 N–H and O–H groups in total. The van der Waals surface area contributed by atoms with Crippen LogP contribution in [0.5, 0.6) is 0 Å². The molecule has 1 aliphatic carbocycles. The Morgan fingerprint density at radius 3 is 3.36 bits per heavy atom. The summed E-state index contributed by atoms with van der Waals surface area (Å²) < 4.78 is 0. The van der Waals surface area contributed by atoms with Crippen LogP contribution in [0.15, 0.2) is 41.6 Å². The molecule has 2 rings (SSSR count). The number of nitrogens with zero attached hydrogens (tertiary/aromatic N) is 1. The molecule has 0 aromatic heterocycles. The quantitative estimate of drug-likeness (QED) is 0.496. The molecule has 1 heteroatoms. The lowest BCUT2D eigenvalue weighted by Crippen LogP contribution is -2.10. The van der Waals surface area contributed by atoms with Gasteiger partial charge in [0.1, 0.15) is 0 Å². The smallest absolute Gasteiger partial charge is 0.0472 e. The summed E-state index contributed by atoms with van der Waals surface area (Å²) in [5, 5.41) is 0. The number of fused-ring (bicyclic) bond motifs is 1. The molecule has 11 heavy (non-hydrogen) atoms. The summed E-state index contributed by atoms with van der Waals surface area (Å²) in [5.74, 6) is 0.565. The highest BCUT2D eigenvalue weighted by Gasteiger charge is 2.12. The van der Waals surface area contributed by atoms with Gasteiger partial charge in [-0.2, -0.15) is 0 Å². The van der Waals surface area contributed by atoms with Crippen LogP contribution in [0.3, 0.4) is 0 Å². The number of allylic oxidation sites excluding steroid dienone is 5. The number of aliphatic imine (C=N–C) groups is 1. The Bertz CT molecular complexity index is 256. The van der Waals surface area contributed by atoms with E-state index in [2.05, 4.69) is 35.4 Å². The van der Waals surface area contributed by atoms with Crippen molar-refractivity contribution >= 4 is 5.71 Å². The minimum absolute atomic E-state index is 0.565. The van der Waals surface area contributed by atoms with E-state index in [1.165, 1.54) is 12.1 Å². The topological polar surface area (TPSA) is 12.4 Å². The maximum atomic E-state index is 4.34. The van der Waals surface area contributed by atoms with Crippen molar-refractivity contribution in [2.24, 2.45) is 10.9 Å². The van der Waals surface area contributed by atoms with Crippen LogP contribution < -0.4 is 0 Å². The molecule has 0 radical (unpaired) electrons. The van der Waals surface area contributed by atoms with Gasteiger partial charge in [0.2, 0.25) is 0 Å².